The average Bonchev–Trinajstić information content (AvgIpc) is 3.13. The quantitative estimate of drug-likeness (QED) is 0.765. The highest BCUT2D eigenvalue weighted by Crippen LogP contribution is 2.33. The van der Waals surface area contributed by atoms with E-state index in [-0.39, 0.29) is 5.56 Å². The van der Waals surface area contributed by atoms with E-state index in [4.69, 9.17) is 9.40 Å². The van der Waals surface area contributed by atoms with E-state index in [0.717, 1.165) is 41.2 Å². The summed E-state index contributed by atoms with van der Waals surface area (Å²) in [4.78, 5) is 23.7. The van der Waals surface area contributed by atoms with Crippen LogP contribution < -0.4 is 10.5 Å². The second-order valence-corrected chi connectivity index (χ2v) is 7.38. The van der Waals surface area contributed by atoms with Crippen LogP contribution in [0.1, 0.15) is 34.9 Å². The van der Waals surface area contributed by atoms with Crippen molar-refractivity contribution in [3.63, 3.8) is 0 Å². The molecule has 5 nitrogen and oxygen atoms in total. The Labute approximate surface area is 138 Å². The molecule has 3 heterocycles. The van der Waals surface area contributed by atoms with Gasteiger partial charge in [-0.05, 0) is 43.4 Å². The van der Waals surface area contributed by atoms with Crippen LogP contribution in [0.3, 0.4) is 0 Å². The van der Waals surface area contributed by atoms with E-state index in [2.05, 4.69) is 12.0 Å². The van der Waals surface area contributed by atoms with Crippen molar-refractivity contribution in [3.8, 4) is 0 Å². The Bertz CT molecular complexity index is 879. The largest absolute Gasteiger partial charge is 0.463 e. The van der Waals surface area contributed by atoms with E-state index in [1.807, 2.05) is 12.1 Å². The van der Waals surface area contributed by atoms with Gasteiger partial charge in [-0.25, -0.2) is 4.98 Å². The molecule has 6 heteroatoms. The molecule has 3 aromatic rings. The first-order valence-corrected chi connectivity index (χ1v) is 8.89. The number of hydrogen-bond donors (Lipinski definition) is 2. The molecule has 0 amide bonds. The van der Waals surface area contributed by atoms with Gasteiger partial charge in [0.15, 0.2) is 11.6 Å². The zero-order valence-corrected chi connectivity index (χ0v) is 14.0. The maximum absolute atomic E-state index is 12.5. The van der Waals surface area contributed by atoms with Gasteiger partial charge in [-0.2, -0.15) is 0 Å². The predicted octanol–water partition coefficient (Wildman–Crippen LogP) is 1.67. The number of nitrogens with zero attached hydrogens (tertiary/aromatic N) is 1. The van der Waals surface area contributed by atoms with E-state index in [0.29, 0.717) is 6.54 Å². The third-order valence-electron chi connectivity index (χ3n) is 4.40. The molecule has 0 aliphatic heterocycles. The minimum atomic E-state index is 0.0233. The molecule has 0 bridgehead atoms. The van der Waals surface area contributed by atoms with Crippen LogP contribution in [0.15, 0.2) is 27.6 Å². The molecular weight excluding hydrogens is 310 g/mol. The number of aromatic amines is 1. The van der Waals surface area contributed by atoms with E-state index in [9.17, 15) is 4.79 Å². The molecule has 120 valence electrons. The zero-order chi connectivity index (χ0) is 15.8. The Morgan fingerprint density at radius 1 is 1.35 bits per heavy atom. The summed E-state index contributed by atoms with van der Waals surface area (Å²) in [5, 5.41) is 0.831. The highest BCUT2D eigenvalue weighted by Gasteiger charge is 2.20. The van der Waals surface area contributed by atoms with Crippen LogP contribution >= 0.6 is 11.3 Å². The summed E-state index contributed by atoms with van der Waals surface area (Å²) >= 11 is 1.70. The fourth-order valence-electron chi connectivity index (χ4n) is 3.35. The van der Waals surface area contributed by atoms with E-state index >= 15 is 0 Å². The van der Waals surface area contributed by atoms with Gasteiger partial charge in [0.2, 0.25) is 0 Å². The number of aryl methyl sites for hydroxylation is 2. The lowest BCUT2D eigenvalue weighted by Crippen LogP contribution is -3.06. The van der Waals surface area contributed by atoms with Crippen LogP contribution in [0.4, 0.5) is 0 Å². The van der Waals surface area contributed by atoms with Gasteiger partial charge in [0.25, 0.3) is 5.56 Å². The molecule has 3 aromatic heterocycles. The summed E-state index contributed by atoms with van der Waals surface area (Å²) in [5.41, 5.74) is 1.27. The number of fused-ring (bicyclic) bond motifs is 3. The van der Waals surface area contributed by atoms with Gasteiger partial charge in [0, 0.05) is 4.88 Å². The molecule has 23 heavy (non-hydrogen) atoms. The Morgan fingerprint density at radius 3 is 3.04 bits per heavy atom. The van der Waals surface area contributed by atoms with E-state index < -0.39 is 0 Å². The third kappa shape index (κ3) is 2.84. The minimum absolute atomic E-state index is 0.0233. The summed E-state index contributed by atoms with van der Waals surface area (Å²) in [6.45, 7) is 1.45. The highest BCUT2D eigenvalue weighted by atomic mass is 32.1. The molecule has 2 N–H and O–H groups in total. The first-order chi connectivity index (χ1) is 11.2. The monoisotopic (exact) mass is 330 g/mol. The van der Waals surface area contributed by atoms with Crippen molar-refractivity contribution < 1.29 is 9.32 Å². The SMILES string of the molecule is C[NH+](Cc1nc2sc3c(c2c(=O)[nH]1)CCCC3)Cc1ccco1. The minimum Gasteiger partial charge on any atom is -0.463 e. The number of hydrogen-bond acceptors (Lipinski definition) is 4. The van der Waals surface area contributed by atoms with Gasteiger partial charge in [0.05, 0.1) is 18.7 Å². The molecule has 1 aliphatic rings. The lowest BCUT2D eigenvalue weighted by molar-refractivity contribution is -0.909. The van der Waals surface area contributed by atoms with Crippen LogP contribution in [-0.4, -0.2) is 17.0 Å². The lowest BCUT2D eigenvalue weighted by Gasteiger charge is -2.12. The molecule has 0 fully saturated rings. The van der Waals surface area contributed by atoms with Crippen molar-refractivity contribution in [2.24, 2.45) is 0 Å². The van der Waals surface area contributed by atoms with Gasteiger partial charge in [0.1, 0.15) is 17.9 Å². The second kappa shape index (κ2) is 5.94. The standard InChI is InChI=1S/C17H19N3O2S/c1-20(9-11-5-4-8-22-11)10-14-18-16(21)15-12-6-2-3-7-13(12)23-17(15)19-14/h4-5,8H,2-3,6-7,9-10H2,1H3,(H,18,19,21)/p+1. The zero-order valence-electron chi connectivity index (χ0n) is 13.1. The fraction of sp³-hybridized carbons (Fsp3) is 0.412. The van der Waals surface area contributed by atoms with Crippen molar-refractivity contribution in [2.45, 2.75) is 38.8 Å². The first-order valence-electron chi connectivity index (χ1n) is 8.08. The van der Waals surface area contributed by atoms with Crippen molar-refractivity contribution in [1.82, 2.24) is 9.97 Å². The van der Waals surface area contributed by atoms with Crippen molar-refractivity contribution in [1.29, 1.82) is 0 Å². The van der Waals surface area contributed by atoms with Crippen LogP contribution in [0.2, 0.25) is 0 Å². The second-order valence-electron chi connectivity index (χ2n) is 6.29. The molecule has 1 aliphatic carbocycles. The van der Waals surface area contributed by atoms with Gasteiger partial charge >= 0.3 is 0 Å². The van der Waals surface area contributed by atoms with E-state index in [1.54, 1.807) is 17.6 Å². The number of H-pyrrole nitrogens is 1. The van der Waals surface area contributed by atoms with Crippen LogP contribution in [0, 0.1) is 0 Å². The third-order valence-corrected chi connectivity index (χ3v) is 5.59. The first kappa shape index (κ1) is 14.7. The Balaban J connectivity index is 1.62. The maximum Gasteiger partial charge on any atom is 0.260 e. The van der Waals surface area contributed by atoms with Gasteiger partial charge in [-0.15, -0.1) is 11.3 Å². The summed E-state index contributed by atoms with van der Waals surface area (Å²) < 4.78 is 5.38. The Kier molecular flexibility index (Phi) is 3.79. The smallest absolute Gasteiger partial charge is 0.260 e. The summed E-state index contributed by atoms with van der Waals surface area (Å²) in [6.07, 6.45) is 6.19. The normalized spacial score (nSPS) is 15.7. The lowest BCUT2D eigenvalue weighted by atomic mass is 9.97. The molecule has 4 rings (SSSR count). The van der Waals surface area contributed by atoms with Crippen LogP contribution in [0.25, 0.3) is 10.2 Å². The number of rotatable bonds is 4. The molecule has 1 atom stereocenters. The highest BCUT2D eigenvalue weighted by molar-refractivity contribution is 7.18. The number of thiophene rings is 1. The molecule has 1 unspecified atom stereocenters. The molecular formula is C17H20N3O2S+. The van der Waals surface area contributed by atoms with Crippen LogP contribution in [0.5, 0.6) is 0 Å². The van der Waals surface area contributed by atoms with Crippen molar-refractivity contribution >= 4 is 21.6 Å². The van der Waals surface area contributed by atoms with Gasteiger partial charge in [-0.3, -0.25) is 4.79 Å². The Morgan fingerprint density at radius 2 is 2.22 bits per heavy atom. The summed E-state index contributed by atoms with van der Waals surface area (Å²) in [7, 11) is 2.08. The molecule has 0 radical (unpaired) electrons. The molecule has 0 spiro atoms. The summed E-state index contributed by atoms with van der Waals surface area (Å²) in [5.74, 6) is 1.70. The number of aromatic nitrogens is 2. The average molecular weight is 330 g/mol. The maximum atomic E-state index is 12.5. The predicted molar refractivity (Wildman–Crippen MR) is 89.9 cm³/mol. The van der Waals surface area contributed by atoms with E-state index in [1.165, 1.54) is 28.2 Å². The van der Waals surface area contributed by atoms with Crippen molar-refractivity contribution in [2.75, 3.05) is 7.05 Å². The molecule has 0 saturated heterocycles. The number of quaternary nitrogens is 1. The van der Waals surface area contributed by atoms with Gasteiger partial charge in [-0.1, -0.05) is 0 Å². The van der Waals surface area contributed by atoms with Crippen molar-refractivity contribution in [3.05, 3.63) is 50.8 Å². The molecule has 0 aromatic carbocycles. The summed E-state index contributed by atoms with van der Waals surface area (Å²) in [6, 6.07) is 3.86. The topological polar surface area (TPSA) is 63.3 Å². The number of furan rings is 1. The van der Waals surface area contributed by atoms with Crippen LogP contribution in [-0.2, 0) is 25.9 Å². The fourth-order valence-corrected chi connectivity index (χ4v) is 4.63. The Hall–Kier alpha value is -1.92. The number of nitrogens with one attached hydrogen (secondary N) is 2. The van der Waals surface area contributed by atoms with Gasteiger partial charge < -0.3 is 14.3 Å². The molecule has 0 saturated carbocycles.